The quantitative estimate of drug-likeness (QED) is 0.732. The highest BCUT2D eigenvalue weighted by atomic mass is 16.7. The molecule has 0 saturated carbocycles. The van der Waals surface area contributed by atoms with Crippen LogP contribution in [0, 0.1) is 0 Å². The number of rotatable bonds is 5. The van der Waals surface area contributed by atoms with Gasteiger partial charge in [0.25, 0.3) is 0 Å². The molecule has 0 bridgehead atoms. The maximum absolute atomic E-state index is 5.79. The smallest absolute Gasteiger partial charge is 0.231 e. The summed E-state index contributed by atoms with van der Waals surface area (Å²) in [5, 5.41) is 3.39. The van der Waals surface area contributed by atoms with Crippen molar-refractivity contribution in [3.63, 3.8) is 0 Å². The highest BCUT2D eigenvalue weighted by Crippen LogP contribution is 2.32. The fourth-order valence-corrected chi connectivity index (χ4v) is 2.52. The van der Waals surface area contributed by atoms with E-state index in [0.717, 1.165) is 40.8 Å². The van der Waals surface area contributed by atoms with E-state index >= 15 is 0 Å². The Hall–Kier alpha value is -3.14. The molecule has 1 aliphatic rings. The third-order valence-corrected chi connectivity index (χ3v) is 3.77. The Bertz CT molecular complexity index is 816. The molecule has 0 unspecified atom stereocenters. The number of para-hydroxylation sites is 1. The minimum absolute atomic E-state index is 0.301. The summed E-state index contributed by atoms with van der Waals surface area (Å²) in [6.07, 6.45) is 0. The molecule has 4 nitrogen and oxygen atoms in total. The summed E-state index contributed by atoms with van der Waals surface area (Å²) >= 11 is 0. The Morgan fingerprint density at radius 3 is 2.38 bits per heavy atom. The number of ether oxygens (including phenoxy) is 3. The van der Waals surface area contributed by atoms with E-state index in [2.05, 4.69) is 5.32 Å². The standard InChI is InChI=1S/C20H17NO3/c1-2-4-17(5-3-1)24-18-9-7-16(8-10-18)21-13-15-6-11-19-20(12-15)23-14-22-19/h1-12,21H,13-14H2. The largest absolute Gasteiger partial charge is 0.457 e. The van der Waals surface area contributed by atoms with Crippen molar-refractivity contribution >= 4 is 5.69 Å². The van der Waals surface area contributed by atoms with E-state index in [-0.39, 0.29) is 0 Å². The normalized spacial score (nSPS) is 12.0. The van der Waals surface area contributed by atoms with Crippen LogP contribution in [-0.4, -0.2) is 6.79 Å². The number of benzene rings is 3. The van der Waals surface area contributed by atoms with Crippen LogP contribution in [0.25, 0.3) is 0 Å². The number of anilines is 1. The second kappa shape index (κ2) is 6.54. The molecular formula is C20H17NO3. The van der Waals surface area contributed by atoms with Gasteiger partial charge in [0.1, 0.15) is 11.5 Å². The van der Waals surface area contributed by atoms with Gasteiger partial charge in [0.2, 0.25) is 6.79 Å². The molecule has 0 aromatic heterocycles. The van der Waals surface area contributed by atoms with Gasteiger partial charge < -0.3 is 19.5 Å². The van der Waals surface area contributed by atoms with Gasteiger partial charge >= 0.3 is 0 Å². The van der Waals surface area contributed by atoms with Gasteiger partial charge in [-0.2, -0.15) is 0 Å². The van der Waals surface area contributed by atoms with Crippen LogP contribution < -0.4 is 19.5 Å². The van der Waals surface area contributed by atoms with Crippen LogP contribution in [0.5, 0.6) is 23.0 Å². The van der Waals surface area contributed by atoms with Crippen molar-refractivity contribution in [2.45, 2.75) is 6.54 Å². The highest BCUT2D eigenvalue weighted by Gasteiger charge is 2.12. The predicted octanol–water partition coefficient (Wildman–Crippen LogP) is 4.82. The maximum atomic E-state index is 5.79. The third-order valence-electron chi connectivity index (χ3n) is 3.77. The summed E-state index contributed by atoms with van der Waals surface area (Å²) < 4.78 is 16.5. The molecule has 4 heteroatoms. The van der Waals surface area contributed by atoms with Gasteiger partial charge in [-0.25, -0.2) is 0 Å². The summed E-state index contributed by atoms with van der Waals surface area (Å²) in [5.74, 6) is 3.26. The predicted molar refractivity (Wildman–Crippen MR) is 92.8 cm³/mol. The first-order valence-electron chi connectivity index (χ1n) is 7.82. The Morgan fingerprint density at radius 1 is 0.792 bits per heavy atom. The Kier molecular flexibility index (Phi) is 3.94. The van der Waals surface area contributed by atoms with Crippen molar-refractivity contribution < 1.29 is 14.2 Å². The van der Waals surface area contributed by atoms with Gasteiger partial charge in [0.15, 0.2) is 11.5 Å². The number of fused-ring (bicyclic) bond motifs is 1. The molecule has 1 aliphatic heterocycles. The van der Waals surface area contributed by atoms with E-state index in [1.54, 1.807) is 0 Å². The van der Waals surface area contributed by atoms with Gasteiger partial charge in [-0.3, -0.25) is 0 Å². The molecule has 1 N–H and O–H groups in total. The molecule has 0 radical (unpaired) electrons. The average molecular weight is 319 g/mol. The molecule has 0 fully saturated rings. The molecule has 0 saturated heterocycles. The third kappa shape index (κ3) is 3.27. The van der Waals surface area contributed by atoms with Gasteiger partial charge in [0, 0.05) is 12.2 Å². The first-order valence-corrected chi connectivity index (χ1v) is 7.82. The second-order valence-corrected chi connectivity index (χ2v) is 5.48. The molecule has 3 aromatic carbocycles. The Labute approximate surface area is 140 Å². The van der Waals surface area contributed by atoms with Crippen LogP contribution in [0.15, 0.2) is 72.8 Å². The topological polar surface area (TPSA) is 39.7 Å². The lowest BCUT2D eigenvalue weighted by Crippen LogP contribution is -1.99. The number of nitrogens with one attached hydrogen (secondary N) is 1. The van der Waals surface area contributed by atoms with Crippen molar-refractivity contribution in [3.8, 4) is 23.0 Å². The Balaban J connectivity index is 1.37. The Morgan fingerprint density at radius 2 is 1.54 bits per heavy atom. The lowest BCUT2D eigenvalue weighted by Gasteiger charge is -2.09. The van der Waals surface area contributed by atoms with Gasteiger partial charge in [-0.15, -0.1) is 0 Å². The fourth-order valence-electron chi connectivity index (χ4n) is 2.52. The van der Waals surface area contributed by atoms with E-state index < -0.39 is 0 Å². The van der Waals surface area contributed by atoms with Crippen molar-refractivity contribution in [3.05, 3.63) is 78.4 Å². The summed E-state index contributed by atoms with van der Waals surface area (Å²) in [4.78, 5) is 0. The van der Waals surface area contributed by atoms with Crippen LogP contribution >= 0.6 is 0 Å². The molecule has 120 valence electrons. The van der Waals surface area contributed by atoms with Crippen LogP contribution in [0.2, 0.25) is 0 Å². The highest BCUT2D eigenvalue weighted by molar-refractivity contribution is 5.49. The van der Waals surface area contributed by atoms with E-state index in [4.69, 9.17) is 14.2 Å². The monoisotopic (exact) mass is 319 g/mol. The molecule has 0 atom stereocenters. The molecule has 0 amide bonds. The van der Waals surface area contributed by atoms with E-state index in [1.165, 1.54) is 0 Å². The lowest BCUT2D eigenvalue weighted by molar-refractivity contribution is 0.174. The van der Waals surface area contributed by atoms with Gasteiger partial charge in [0.05, 0.1) is 0 Å². The molecule has 24 heavy (non-hydrogen) atoms. The zero-order valence-electron chi connectivity index (χ0n) is 13.1. The average Bonchev–Trinajstić information content (AvgIpc) is 3.10. The van der Waals surface area contributed by atoms with Crippen LogP contribution in [-0.2, 0) is 6.54 Å². The zero-order valence-corrected chi connectivity index (χ0v) is 13.1. The number of hydrogen-bond acceptors (Lipinski definition) is 4. The van der Waals surface area contributed by atoms with E-state index in [0.29, 0.717) is 6.79 Å². The fraction of sp³-hybridized carbons (Fsp3) is 0.100. The molecule has 1 heterocycles. The number of hydrogen-bond donors (Lipinski definition) is 1. The summed E-state index contributed by atoms with van der Waals surface area (Å²) in [5.41, 5.74) is 2.18. The lowest BCUT2D eigenvalue weighted by atomic mass is 10.2. The summed E-state index contributed by atoms with van der Waals surface area (Å²) in [6.45, 7) is 1.02. The maximum Gasteiger partial charge on any atom is 0.231 e. The summed E-state index contributed by atoms with van der Waals surface area (Å²) in [7, 11) is 0. The molecule has 0 spiro atoms. The molecule has 4 rings (SSSR count). The minimum Gasteiger partial charge on any atom is -0.457 e. The SMILES string of the molecule is c1ccc(Oc2ccc(NCc3ccc4c(c3)OCO4)cc2)cc1. The van der Waals surface area contributed by atoms with Crippen molar-refractivity contribution in [1.82, 2.24) is 0 Å². The van der Waals surface area contributed by atoms with Crippen molar-refractivity contribution in [1.29, 1.82) is 0 Å². The summed E-state index contributed by atoms with van der Waals surface area (Å²) in [6, 6.07) is 23.6. The van der Waals surface area contributed by atoms with Crippen molar-refractivity contribution in [2.75, 3.05) is 12.1 Å². The van der Waals surface area contributed by atoms with Crippen LogP contribution in [0.4, 0.5) is 5.69 Å². The first-order chi connectivity index (χ1) is 11.9. The van der Waals surface area contributed by atoms with E-state index in [9.17, 15) is 0 Å². The van der Waals surface area contributed by atoms with Crippen molar-refractivity contribution in [2.24, 2.45) is 0 Å². The van der Waals surface area contributed by atoms with Gasteiger partial charge in [-0.1, -0.05) is 24.3 Å². The first kappa shape index (κ1) is 14.5. The zero-order chi connectivity index (χ0) is 16.2. The minimum atomic E-state index is 0.301. The van der Waals surface area contributed by atoms with Crippen LogP contribution in [0.3, 0.4) is 0 Å². The second-order valence-electron chi connectivity index (χ2n) is 5.48. The van der Waals surface area contributed by atoms with E-state index in [1.807, 2.05) is 72.8 Å². The van der Waals surface area contributed by atoms with Gasteiger partial charge in [-0.05, 0) is 54.1 Å². The molecular weight excluding hydrogens is 302 g/mol. The van der Waals surface area contributed by atoms with Crippen LogP contribution in [0.1, 0.15) is 5.56 Å². The molecule has 0 aliphatic carbocycles. The molecule has 3 aromatic rings.